The summed E-state index contributed by atoms with van der Waals surface area (Å²) in [6.45, 7) is 0.287. The summed E-state index contributed by atoms with van der Waals surface area (Å²) in [5.74, 6) is 0.932. The Bertz CT molecular complexity index is 540. The fourth-order valence-corrected chi connectivity index (χ4v) is 2.74. The number of aliphatic hydroxyl groups excluding tert-OH is 1. The van der Waals surface area contributed by atoms with Crippen LogP contribution in [0.3, 0.4) is 0 Å². The van der Waals surface area contributed by atoms with Gasteiger partial charge >= 0.3 is 0 Å². The van der Waals surface area contributed by atoms with Crippen LogP contribution in [-0.2, 0) is 0 Å². The summed E-state index contributed by atoms with van der Waals surface area (Å²) in [6.07, 6.45) is 2.92. The van der Waals surface area contributed by atoms with E-state index in [0.717, 1.165) is 21.8 Å². The summed E-state index contributed by atoms with van der Waals surface area (Å²) < 4.78 is 1.08. The normalized spacial score (nSPS) is 23.6. The van der Waals surface area contributed by atoms with E-state index in [9.17, 15) is 0 Å². The molecule has 82 valence electrons. The van der Waals surface area contributed by atoms with Crippen molar-refractivity contribution in [3.05, 3.63) is 40.5 Å². The molecule has 0 amide bonds. The predicted octanol–water partition coefficient (Wildman–Crippen LogP) is 3.09. The van der Waals surface area contributed by atoms with Crippen molar-refractivity contribution in [2.45, 2.75) is 12.3 Å². The molecule has 1 fully saturated rings. The van der Waals surface area contributed by atoms with Crippen LogP contribution in [0.4, 0.5) is 0 Å². The molecule has 3 heteroatoms. The van der Waals surface area contributed by atoms with Gasteiger partial charge in [0.1, 0.15) is 0 Å². The fourth-order valence-electron chi connectivity index (χ4n) is 2.29. The molecule has 0 saturated heterocycles. The Morgan fingerprint density at radius 3 is 3.00 bits per heavy atom. The zero-order valence-electron chi connectivity index (χ0n) is 8.73. The number of halogens is 1. The highest BCUT2D eigenvalue weighted by atomic mass is 79.9. The standard InChI is InChI=1S/C13H12BrNO/c14-12-4-3-9(11-6-8(11)7-16)13-10(12)2-1-5-15-13/h1-5,8,11,16H,6-7H2. The van der Waals surface area contributed by atoms with Gasteiger partial charge < -0.3 is 5.11 Å². The minimum Gasteiger partial charge on any atom is -0.396 e. The molecule has 0 bridgehead atoms. The molecule has 1 aliphatic carbocycles. The van der Waals surface area contributed by atoms with Crippen molar-refractivity contribution < 1.29 is 5.11 Å². The lowest BCUT2D eigenvalue weighted by molar-refractivity contribution is 0.274. The smallest absolute Gasteiger partial charge is 0.0748 e. The average molecular weight is 278 g/mol. The monoisotopic (exact) mass is 277 g/mol. The van der Waals surface area contributed by atoms with Gasteiger partial charge in [0, 0.05) is 22.7 Å². The van der Waals surface area contributed by atoms with Crippen LogP contribution >= 0.6 is 15.9 Å². The van der Waals surface area contributed by atoms with Crippen LogP contribution in [0.25, 0.3) is 10.9 Å². The summed E-state index contributed by atoms with van der Waals surface area (Å²) in [5.41, 5.74) is 2.34. The Kier molecular flexibility index (Phi) is 2.45. The molecule has 2 unspecified atom stereocenters. The van der Waals surface area contributed by atoms with E-state index in [1.54, 1.807) is 0 Å². The Hall–Kier alpha value is -0.930. The second kappa shape index (κ2) is 3.82. The van der Waals surface area contributed by atoms with Crippen molar-refractivity contribution in [1.82, 2.24) is 4.98 Å². The van der Waals surface area contributed by atoms with Crippen LogP contribution in [0.15, 0.2) is 34.9 Å². The molecule has 1 heterocycles. The molecule has 0 radical (unpaired) electrons. The van der Waals surface area contributed by atoms with E-state index in [1.165, 1.54) is 5.56 Å². The first-order valence-corrected chi connectivity index (χ1v) is 6.24. The molecule has 1 N–H and O–H groups in total. The largest absolute Gasteiger partial charge is 0.396 e. The minimum absolute atomic E-state index is 0.287. The Balaban J connectivity index is 2.16. The summed E-state index contributed by atoms with van der Waals surface area (Å²) in [7, 11) is 0. The van der Waals surface area contributed by atoms with Gasteiger partial charge in [0.25, 0.3) is 0 Å². The zero-order chi connectivity index (χ0) is 11.1. The molecular weight excluding hydrogens is 266 g/mol. The first-order valence-electron chi connectivity index (χ1n) is 5.45. The van der Waals surface area contributed by atoms with Gasteiger partial charge in [-0.3, -0.25) is 4.98 Å². The van der Waals surface area contributed by atoms with Crippen molar-refractivity contribution in [1.29, 1.82) is 0 Å². The third-order valence-corrected chi connectivity index (χ3v) is 4.00. The maximum absolute atomic E-state index is 9.13. The van der Waals surface area contributed by atoms with Gasteiger partial charge in [0.2, 0.25) is 0 Å². The summed E-state index contributed by atoms with van der Waals surface area (Å²) in [4.78, 5) is 4.46. The lowest BCUT2D eigenvalue weighted by Gasteiger charge is -2.06. The maximum Gasteiger partial charge on any atom is 0.0748 e. The van der Waals surface area contributed by atoms with Gasteiger partial charge in [-0.15, -0.1) is 0 Å². The van der Waals surface area contributed by atoms with Gasteiger partial charge in [-0.2, -0.15) is 0 Å². The third kappa shape index (κ3) is 1.55. The number of benzene rings is 1. The van der Waals surface area contributed by atoms with Gasteiger partial charge in [0.05, 0.1) is 5.52 Å². The molecule has 3 rings (SSSR count). The van der Waals surface area contributed by atoms with Gasteiger partial charge in [-0.1, -0.05) is 28.1 Å². The Morgan fingerprint density at radius 2 is 2.25 bits per heavy atom. The third-order valence-electron chi connectivity index (χ3n) is 3.30. The molecule has 1 saturated carbocycles. The molecule has 0 aliphatic heterocycles. The molecule has 16 heavy (non-hydrogen) atoms. The number of pyridine rings is 1. The van der Waals surface area contributed by atoms with Crippen molar-refractivity contribution in [3.8, 4) is 0 Å². The molecule has 1 aromatic heterocycles. The van der Waals surface area contributed by atoms with E-state index in [2.05, 4.69) is 39.1 Å². The average Bonchev–Trinajstić information content (AvgIpc) is 3.09. The van der Waals surface area contributed by atoms with Gasteiger partial charge in [-0.05, 0) is 36.0 Å². The molecule has 2 atom stereocenters. The molecule has 2 nitrogen and oxygen atoms in total. The fraction of sp³-hybridized carbons (Fsp3) is 0.308. The Labute approximate surface area is 102 Å². The van der Waals surface area contributed by atoms with Crippen LogP contribution in [-0.4, -0.2) is 16.7 Å². The molecule has 1 aliphatic rings. The number of fused-ring (bicyclic) bond motifs is 1. The highest BCUT2D eigenvalue weighted by Gasteiger charge is 2.38. The number of nitrogens with zero attached hydrogens (tertiary/aromatic N) is 1. The summed E-state index contributed by atoms with van der Waals surface area (Å²) >= 11 is 3.54. The lowest BCUT2D eigenvalue weighted by atomic mass is 10.0. The van der Waals surface area contributed by atoms with Crippen molar-refractivity contribution in [3.63, 3.8) is 0 Å². The van der Waals surface area contributed by atoms with Crippen LogP contribution in [0.5, 0.6) is 0 Å². The number of hydrogen-bond donors (Lipinski definition) is 1. The number of rotatable bonds is 2. The predicted molar refractivity (Wildman–Crippen MR) is 67.4 cm³/mol. The molecule has 0 spiro atoms. The second-order valence-electron chi connectivity index (χ2n) is 4.32. The van der Waals surface area contributed by atoms with Crippen molar-refractivity contribution in [2.75, 3.05) is 6.61 Å². The van der Waals surface area contributed by atoms with Crippen LogP contribution in [0.1, 0.15) is 17.9 Å². The first kappa shape index (κ1) is 10.2. The quantitative estimate of drug-likeness (QED) is 0.915. The van der Waals surface area contributed by atoms with E-state index >= 15 is 0 Å². The van der Waals surface area contributed by atoms with E-state index in [4.69, 9.17) is 5.11 Å². The van der Waals surface area contributed by atoms with Crippen molar-refractivity contribution in [2.24, 2.45) is 5.92 Å². The van der Waals surface area contributed by atoms with Gasteiger partial charge in [-0.25, -0.2) is 0 Å². The topological polar surface area (TPSA) is 33.1 Å². The maximum atomic E-state index is 9.13. The van der Waals surface area contributed by atoms with E-state index in [1.807, 2.05) is 12.3 Å². The molecule has 2 aromatic rings. The first-order chi connectivity index (χ1) is 7.81. The zero-order valence-corrected chi connectivity index (χ0v) is 10.3. The lowest BCUT2D eigenvalue weighted by Crippen LogP contribution is -1.92. The summed E-state index contributed by atoms with van der Waals surface area (Å²) in [6, 6.07) is 8.23. The molecule has 1 aromatic carbocycles. The minimum atomic E-state index is 0.287. The van der Waals surface area contributed by atoms with Crippen LogP contribution < -0.4 is 0 Å². The van der Waals surface area contributed by atoms with Crippen LogP contribution in [0.2, 0.25) is 0 Å². The summed E-state index contributed by atoms with van der Waals surface area (Å²) in [5, 5.41) is 10.3. The van der Waals surface area contributed by atoms with Gasteiger partial charge in [0.15, 0.2) is 0 Å². The van der Waals surface area contributed by atoms with E-state index < -0.39 is 0 Å². The van der Waals surface area contributed by atoms with Crippen molar-refractivity contribution >= 4 is 26.8 Å². The molecular formula is C13H12BrNO. The second-order valence-corrected chi connectivity index (χ2v) is 5.18. The highest BCUT2D eigenvalue weighted by molar-refractivity contribution is 9.10. The highest BCUT2D eigenvalue weighted by Crippen LogP contribution is 2.49. The van der Waals surface area contributed by atoms with E-state index in [-0.39, 0.29) is 6.61 Å². The SMILES string of the molecule is OCC1CC1c1ccc(Br)c2cccnc12. The van der Waals surface area contributed by atoms with E-state index in [0.29, 0.717) is 11.8 Å². The number of aromatic nitrogens is 1. The Morgan fingerprint density at radius 1 is 1.38 bits per heavy atom. The number of aliphatic hydroxyl groups is 1. The van der Waals surface area contributed by atoms with Crippen LogP contribution in [0, 0.1) is 5.92 Å². The number of hydrogen-bond acceptors (Lipinski definition) is 2.